The minimum absolute atomic E-state index is 0.302. The molecule has 0 atom stereocenters. The van der Waals surface area contributed by atoms with E-state index in [9.17, 15) is 9.59 Å². The molecule has 0 amide bonds. The first kappa shape index (κ1) is 9.86. The Morgan fingerprint density at radius 2 is 1.73 bits per heavy atom. The normalized spacial score (nSPS) is 10.0. The zero-order chi connectivity index (χ0) is 8.85. The van der Waals surface area contributed by atoms with E-state index < -0.39 is 24.6 Å². The Hall–Kier alpha value is -1.14. The molecule has 0 aromatic rings. The molecule has 0 fully saturated rings. The van der Waals surface area contributed by atoms with E-state index in [1.165, 1.54) is 0 Å². The van der Waals surface area contributed by atoms with Crippen molar-refractivity contribution in [1.29, 1.82) is 0 Å². The molecule has 0 saturated heterocycles. The molecular formula is C5H8O6. The van der Waals surface area contributed by atoms with Crippen LogP contribution in [0.1, 0.15) is 0 Å². The van der Waals surface area contributed by atoms with Crippen molar-refractivity contribution in [3.8, 4) is 0 Å². The van der Waals surface area contributed by atoms with E-state index >= 15 is 0 Å². The summed E-state index contributed by atoms with van der Waals surface area (Å²) in [7, 11) is 0. The molecule has 6 nitrogen and oxygen atoms in total. The van der Waals surface area contributed by atoms with E-state index in [-0.39, 0.29) is 6.61 Å². The topological polar surface area (TPSA) is 104 Å². The molecule has 0 aromatic heterocycles. The Kier molecular flexibility index (Phi) is 4.16. The number of ether oxygens (including phenoxy) is 1. The molecule has 0 heterocycles. The Balaban J connectivity index is 3.90. The van der Waals surface area contributed by atoms with Crippen LogP contribution in [0.4, 0.5) is 0 Å². The summed E-state index contributed by atoms with van der Waals surface area (Å²) in [5.74, 6) is -3.16. The van der Waals surface area contributed by atoms with Crippen molar-refractivity contribution < 1.29 is 29.6 Å². The summed E-state index contributed by atoms with van der Waals surface area (Å²) in [6.45, 7) is -0.708. The average Bonchev–Trinajstić information content (AvgIpc) is 1.87. The fourth-order valence-electron chi connectivity index (χ4n) is 0.419. The van der Waals surface area contributed by atoms with Crippen LogP contribution in [0.15, 0.2) is 0 Å². The predicted octanol–water partition coefficient (Wildman–Crippen LogP) is -1.47. The summed E-state index contributed by atoms with van der Waals surface area (Å²) in [4.78, 5) is 20.1. The van der Waals surface area contributed by atoms with Gasteiger partial charge < -0.3 is 20.1 Å². The second kappa shape index (κ2) is 4.64. The molecule has 0 radical (unpaired) electrons. The van der Waals surface area contributed by atoms with Gasteiger partial charge in [-0.15, -0.1) is 0 Å². The maximum Gasteiger partial charge on any atom is 0.344 e. The van der Waals surface area contributed by atoms with E-state index in [2.05, 4.69) is 4.74 Å². The highest BCUT2D eigenvalue weighted by atomic mass is 16.5. The van der Waals surface area contributed by atoms with Crippen LogP contribution in [0.25, 0.3) is 0 Å². The predicted molar refractivity (Wildman–Crippen MR) is 32.1 cm³/mol. The first-order chi connectivity index (χ1) is 5.09. The molecule has 64 valence electrons. The van der Waals surface area contributed by atoms with Gasteiger partial charge in [-0.1, -0.05) is 0 Å². The molecule has 0 spiro atoms. The number of hydrogen-bond donors (Lipinski definition) is 3. The van der Waals surface area contributed by atoms with Crippen molar-refractivity contribution in [1.82, 2.24) is 0 Å². The van der Waals surface area contributed by atoms with E-state index in [1.807, 2.05) is 0 Å². The lowest BCUT2D eigenvalue weighted by atomic mass is 10.4. The highest BCUT2D eigenvalue weighted by Gasteiger charge is 2.25. The Morgan fingerprint density at radius 3 is 2.00 bits per heavy atom. The van der Waals surface area contributed by atoms with Gasteiger partial charge in [0, 0.05) is 0 Å². The maximum absolute atomic E-state index is 10.1. The molecule has 11 heavy (non-hydrogen) atoms. The number of aliphatic carboxylic acids is 2. The highest BCUT2D eigenvalue weighted by molar-refractivity contribution is 5.95. The summed E-state index contributed by atoms with van der Waals surface area (Å²) in [6.07, 6.45) is -1.89. The van der Waals surface area contributed by atoms with Gasteiger partial charge in [-0.3, -0.25) is 0 Å². The monoisotopic (exact) mass is 164 g/mol. The van der Waals surface area contributed by atoms with Crippen LogP contribution in [0.2, 0.25) is 0 Å². The quantitative estimate of drug-likeness (QED) is 0.428. The summed E-state index contributed by atoms with van der Waals surface area (Å²) in [5, 5.41) is 24.5. The van der Waals surface area contributed by atoms with Crippen molar-refractivity contribution >= 4 is 11.9 Å². The van der Waals surface area contributed by atoms with Crippen LogP contribution in [0.5, 0.6) is 0 Å². The third-order valence-corrected chi connectivity index (χ3v) is 0.824. The van der Waals surface area contributed by atoms with Crippen LogP contribution in [0.3, 0.4) is 0 Å². The van der Waals surface area contributed by atoms with Crippen molar-refractivity contribution in [2.24, 2.45) is 0 Å². The van der Waals surface area contributed by atoms with Crippen molar-refractivity contribution in [3.05, 3.63) is 0 Å². The molecule has 0 unspecified atom stereocenters. The number of carboxylic acids is 2. The fourth-order valence-corrected chi connectivity index (χ4v) is 0.419. The fraction of sp³-hybridized carbons (Fsp3) is 0.600. The largest absolute Gasteiger partial charge is 0.479 e. The molecule has 0 aromatic carbocycles. The number of aliphatic hydroxyl groups is 1. The molecule has 3 N–H and O–H groups in total. The van der Waals surface area contributed by atoms with Crippen molar-refractivity contribution in [2.75, 3.05) is 13.2 Å². The minimum atomic E-state index is -1.89. The number of carboxylic acid groups (broad SMARTS) is 2. The molecule has 0 bridgehead atoms. The minimum Gasteiger partial charge on any atom is -0.479 e. The van der Waals surface area contributed by atoms with Crippen LogP contribution in [0, 0.1) is 0 Å². The van der Waals surface area contributed by atoms with Crippen LogP contribution in [-0.2, 0) is 14.3 Å². The first-order valence-electron chi connectivity index (χ1n) is 2.77. The molecule has 0 aliphatic carbocycles. The van der Waals surface area contributed by atoms with Crippen LogP contribution in [-0.4, -0.2) is 46.6 Å². The van der Waals surface area contributed by atoms with E-state index in [1.54, 1.807) is 0 Å². The summed E-state index contributed by atoms with van der Waals surface area (Å²) >= 11 is 0. The lowest BCUT2D eigenvalue weighted by Gasteiger charge is -2.06. The van der Waals surface area contributed by atoms with E-state index in [4.69, 9.17) is 15.3 Å². The van der Waals surface area contributed by atoms with Gasteiger partial charge in [0.25, 0.3) is 6.10 Å². The average molecular weight is 164 g/mol. The molecule has 0 rings (SSSR count). The summed E-state index contributed by atoms with van der Waals surface area (Å²) in [5.41, 5.74) is 0. The highest BCUT2D eigenvalue weighted by Crippen LogP contribution is 1.91. The van der Waals surface area contributed by atoms with Gasteiger partial charge in [0.1, 0.15) is 0 Å². The molecule has 0 aliphatic heterocycles. The Morgan fingerprint density at radius 1 is 1.27 bits per heavy atom. The van der Waals surface area contributed by atoms with Gasteiger partial charge in [0.2, 0.25) is 0 Å². The standard InChI is InChI=1S/C5H8O6/c6-1-2-11-3(4(7)8)5(9)10/h3,6H,1-2H2,(H,7,8)(H,9,10). The molecule has 0 saturated carbocycles. The van der Waals surface area contributed by atoms with Gasteiger partial charge in [-0.05, 0) is 0 Å². The summed E-state index contributed by atoms with van der Waals surface area (Å²) < 4.78 is 4.27. The lowest BCUT2D eigenvalue weighted by Crippen LogP contribution is -2.33. The second-order valence-electron chi connectivity index (χ2n) is 1.65. The third-order valence-electron chi connectivity index (χ3n) is 0.824. The number of hydrogen-bond acceptors (Lipinski definition) is 4. The Labute approximate surface area is 62.0 Å². The summed E-state index contributed by atoms with van der Waals surface area (Å²) in [6, 6.07) is 0. The molecular weight excluding hydrogens is 156 g/mol. The molecule has 0 aliphatic rings. The van der Waals surface area contributed by atoms with Gasteiger partial charge in [-0.25, -0.2) is 9.59 Å². The second-order valence-corrected chi connectivity index (χ2v) is 1.65. The number of carbonyl (C=O) groups is 2. The van der Waals surface area contributed by atoms with Gasteiger partial charge >= 0.3 is 11.9 Å². The van der Waals surface area contributed by atoms with Crippen molar-refractivity contribution in [2.45, 2.75) is 6.10 Å². The zero-order valence-electron chi connectivity index (χ0n) is 5.56. The van der Waals surface area contributed by atoms with E-state index in [0.29, 0.717) is 0 Å². The Bertz CT molecular complexity index is 139. The van der Waals surface area contributed by atoms with Gasteiger partial charge in [-0.2, -0.15) is 0 Å². The SMILES string of the molecule is O=C(O)C(OCCO)C(=O)O. The van der Waals surface area contributed by atoms with Crippen LogP contribution < -0.4 is 0 Å². The smallest absolute Gasteiger partial charge is 0.344 e. The van der Waals surface area contributed by atoms with Crippen molar-refractivity contribution in [3.63, 3.8) is 0 Å². The van der Waals surface area contributed by atoms with Gasteiger partial charge in [0.15, 0.2) is 0 Å². The van der Waals surface area contributed by atoms with E-state index in [0.717, 1.165) is 0 Å². The number of aliphatic hydroxyl groups excluding tert-OH is 1. The lowest BCUT2D eigenvalue weighted by molar-refractivity contribution is -0.166. The molecule has 6 heteroatoms. The van der Waals surface area contributed by atoms with Crippen LogP contribution >= 0.6 is 0 Å². The van der Waals surface area contributed by atoms with Gasteiger partial charge in [0.05, 0.1) is 13.2 Å². The zero-order valence-corrected chi connectivity index (χ0v) is 5.56. The third kappa shape index (κ3) is 3.54. The first-order valence-corrected chi connectivity index (χ1v) is 2.77. The maximum atomic E-state index is 10.1. The number of rotatable bonds is 5.